The van der Waals surface area contributed by atoms with E-state index in [0.29, 0.717) is 6.54 Å². The Balaban J connectivity index is 1.70. The number of likely N-dealkylation sites (tertiary alicyclic amines) is 1. The molecule has 2 heterocycles. The molecular formula is C22H27N3O3S. The molecule has 2 aliphatic heterocycles. The topological polar surface area (TPSA) is 60.9 Å². The molecule has 0 spiro atoms. The number of hydrogen-bond acceptors (Lipinski definition) is 3. The molecule has 2 saturated heterocycles. The van der Waals surface area contributed by atoms with Crippen LogP contribution >= 0.6 is 0 Å². The average Bonchev–Trinajstić information content (AvgIpc) is 3.21. The van der Waals surface area contributed by atoms with Crippen LogP contribution in [0.25, 0.3) is 0 Å². The van der Waals surface area contributed by atoms with Crippen molar-refractivity contribution in [2.45, 2.75) is 37.2 Å². The van der Waals surface area contributed by atoms with Crippen LogP contribution in [0, 0.1) is 6.92 Å². The molecule has 0 radical (unpaired) electrons. The van der Waals surface area contributed by atoms with Crippen molar-refractivity contribution in [3.05, 3.63) is 65.7 Å². The van der Waals surface area contributed by atoms with E-state index in [1.165, 1.54) is 4.31 Å². The molecule has 7 heteroatoms. The lowest BCUT2D eigenvalue weighted by Crippen LogP contribution is -2.46. The molecule has 154 valence electrons. The van der Waals surface area contributed by atoms with Gasteiger partial charge in [-0.15, -0.1) is 0 Å². The van der Waals surface area contributed by atoms with Gasteiger partial charge in [0.1, 0.15) is 6.17 Å². The van der Waals surface area contributed by atoms with Crippen LogP contribution in [-0.2, 0) is 10.0 Å². The van der Waals surface area contributed by atoms with Gasteiger partial charge in [0.25, 0.3) is 0 Å². The summed E-state index contributed by atoms with van der Waals surface area (Å²) >= 11 is 0. The van der Waals surface area contributed by atoms with Crippen LogP contribution in [0.3, 0.4) is 0 Å². The number of carbonyl (C=O) groups is 1. The van der Waals surface area contributed by atoms with Crippen molar-refractivity contribution in [2.24, 2.45) is 0 Å². The molecule has 2 amide bonds. The van der Waals surface area contributed by atoms with Crippen LogP contribution in [0.2, 0.25) is 0 Å². The predicted octanol–water partition coefficient (Wildman–Crippen LogP) is 3.61. The zero-order valence-corrected chi connectivity index (χ0v) is 17.5. The highest BCUT2D eigenvalue weighted by atomic mass is 32.2. The minimum Gasteiger partial charge on any atom is -0.325 e. The highest BCUT2D eigenvalue weighted by Crippen LogP contribution is 2.36. The first-order valence-electron chi connectivity index (χ1n) is 10.2. The lowest BCUT2D eigenvalue weighted by atomic mass is 10.1. The van der Waals surface area contributed by atoms with Gasteiger partial charge in [0.05, 0.1) is 4.90 Å². The largest absolute Gasteiger partial charge is 0.325 e. The van der Waals surface area contributed by atoms with Gasteiger partial charge in [-0.2, -0.15) is 4.31 Å². The first-order chi connectivity index (χ1) is 14.0. The molecule has 2 aromatic rings. The van der Waals surface area contributed by atoms with E-state index in [2.05, 4.69) is 0 Å². The number of amides is 2. The second kappa shape index (κ2) is 8.16. The van der Waals surface area contributed by atoms with Gasteiger partial charge in [-0.3, -0.25) is 0 Å². The number of rotatable bonds is 3. The maximum atomic E-state index is 13.4. The first kappa shape index (κ1) is 19.9. The van der Waals surface area contributed by atoms with Crippen molar-refractivity contribution in [1.29, 1.82) is 0 Å². The number of piperidine rings is 1. The molecule has 0 N–H and O–H groups in total. The van der Waals surface area contributed by atoms with Crippen LogP contribution < -0.4 is 0 Å². The molecule has 2 fully saturated rings. The van der Waals surface area contributed by atoms with Crippen molar-refractivity contribution >= 4 is 16.1 Å². The Bertz CT molecular complexity index is 955. The number of aryl methyl sites for hydroxylation is 1. The second-order valence-electron chi connectivity index (χ2n) is 7.74. The maximum absolute atomic E-state index is 13.4. The van der Waals surface area contributed by atoms with Crippen LogP contribution in [0.5, 0.6) is 0 Å². The third-order valence-corrected chi connectivity index (χ3v) is 7.59. The van der Waals surface area contributed by atoms with Gasteiger partial charge in [-0.05, 0) is 43.9 Å². The van der Waals surface area contributed by atoms with Gasteiger partial charge in [-0.25, -0.2) is 13.2 Å². The Morgan fingerprint density at radius 1 is 0.862 bits per heavy atom. The monoisotopic (exact) mass is 413 g/mol. The summed E-state index contributed by atoms with van der Waals surface area (Å²) in [6.45, 7) is 4.08. The Morgan fingerprint density at radius 2 is 1.52 bits per heavy atom. The fraction of sp³-hybridized carbons (Fsp3) is 0.409. The number of nitrogens with zero attached hydrogens (tertiary/aromatic N) is 3. The summed E-state index contributed by atoms with van der Waals surface area (Å²) in [5, 5.41) is 0. The smallest absolute Gasteiger partial charge is 0.321 e. The van der Waals surface area contributed by atoms with Gasteiger partial charge < -0.3 is 9.80 Å². The van der Waals surface area contributed by atoms with E-state index < -0.39 is 16.2 Å². The number of benzene rings is 2. The summed E-state index contributed by atoms with van der Waals surface area (Å²) in [5.74, 6) is 0. The summed E-state index contributed by atoms with van der Waals surface area (Å²) in [5.41, 5.74) is 1.82. The number of sulfonamides is 1. The zero-order valence-electron chi connectivity index (χ0n) is 16.7. The normalized spacial score (nSPS) is 20.8. The van der Waals surface area contributed by atoms with E-state index in [9.17, 15) is 13.2 Å². The summed E-state index contributed by atoms with van der Waals surface area (Å²) in [4.78, 5) is 17.1. The minimum atomic E-state index is -3.73. The SMILES string of the molecule is Cc1ccc(S(=O)(=O)N2CCN(C(=O)N3CCCCC3)C2c2ccccc2)cc1. The van der Waals surface area contributed by atoms with Gasteiger partial charge in [0.15, 0.2) is 0 Å². The lowest BCUT2D eigenvalue weighted by Gasteiger charge is -2.35. The van der Waals surface area contributed by atoms with E-state index in [0.717, 1.165) is 43.5 Å². The van der Waals surface area contributed by atoms with E-state index in [1.807, 2.05) is 42.2 Å². The third-order valence-electron chi connectivity index (χ3n) is 5.73. The maximum Gasteiger partial charge on any atom is 0.321 e. The molecule has 1 atom stereocenters. The lowest BCUT2D eigenvalue weighted by molar-refractivity contribution is 0.127. The Kier molecular flexibility index (Phi) is 5.61. The quantitative estimate of drug-likeness (QED) is 0.772. The zero-order chi connectivity index (χ0) is 20.4. The standard InChI is InChI=1S/C22H27N3O3S/c1-18-10-12-20(13-11-18)29(27,28)25-17-16-24(21(25)19-8-4-2-5-9-19)22(26)23-14-6-3-7-15-23/h2,4-5,8-13,21H,3,6-7,14-17H2,1H3. The Hall–Kier alpha value is -2.38. The van der Waals surface area contributed by atoms with Crippen LogP contribution in [0.4, 0.5) is 4.79 Å². The number of hydrogen-bond donors (Lipinski definition) is 0. The van der Waals surface area contributed by atoms with Crippen molar-refractivity contribution in [3.8, 4) is 0 Å². The van der Waals surface area contributed by atoms with Crippen molar-refractivity contribution in [1.82, 2.24) is 14.1 Å². The molecular weight excluding hydrogens is 386 g/mol. The molecule has 4 rings (SSSR count). The van der Waals surface area contributed by atoms with Crippen molar-refractivity contribution in [3.63, 3.8) is 0 Å². The number of urea groups is 1. The average molecular weight is 414 g/mol. The predicted molar refractivity (Wildman–Crippen MR) is 112 cm³/mol. The molecule has 6 nitrogen and oxygen atoms in total. The van der Waals surface area contributed by atoms with E-state index in [-0.39, 0.29) is 17.5 Å². The molecule has 2 aliphatic rings. The number of carbonyl (C=O) groups excluding carboxylic acids is 1. The highest BCUT2D eigenvalue weighted by Gasteiger charge is 2.44. The van der Waals surface area contributed by atoms with E-state index in [1.54, 1.807) is 29.2 Å². The van der Waals surface area contributed by atoms with Gasteiger partial charge in [-0.1, -0.05) is 48.0 Å². The first-order valence-corrected chi connectivity index (χ1v) is 11.6. The van der Waals surface area contributed by atoms with Crippen LogP contribution in [0.1, 0.15) is 36.6 Å². The molecule has 0 aliphatic carbocycles. The molecule has 0 aromatic heterocycles. The molecule has 0 bridgehead atoms. The third kappa shape index (κ3) is 3.89. The summed E-state index contributed by atoms with van der Waals surface area (Å²) in [7, 11) is -3.73. The minimum absolute atomic E-state index is 0.0693. The van der Waals surface area contributed by atoms with E-state index >= 15 is 0 Å². The summed E-state index contributed by atoms with van der Waals surface area (Å²) < 4.78 is 28.4. The highest BCUT2D eigenvalue weighted by molar-refractivity contribution is 7.89. The van der Waals surface area contributed by atoms with Crippen molar-refractivity contribution < 1.29 is 13.2 Å². The fourth-order valence-electron chi connectivity index (χ4n) is 4.14. The van der Waals surface area contributed by atoms with Crippen LogP contribution in [0.15, 0.2) is 59.5 Å². The molecule has 0 saturated carbocycles. The summed E-state index contributed by atoms with van der Waals surface area (Å²) in [6.07, 6.45) is 2.51. The fourth-order valence-corrected chi connectivity index (χ4v) is 5.71. The molecule has 1 unspecified atom stereocenters. The van der Waals surface area contributed by atoms with Crippen molar-refractivity contribution in [2.75, 3.05) is 26.2 Å². The van der Waals surface area contributed by atoms with Gasteiger partial charge >= 0.3 is 6.03 Å². The summed E-state index contributed by atoms with van der Waals surface area (Å²) in [6, 6.07) is 16.3. The van der Waals surface area contributed by atoms with Crippen LogP contribution in [-0.4, -0.2) is 54.7 Å². The Labute approximate surface area is 172 Å². The van der Waals surface area contributed by atoms with Gasteiger partial charge in [0.2, 0.25) is 10.0 Å². The molecule has 2 aromatic carbocycles. The molecule has 29 heavy (non-hydrogen) atoms. The second-order valence-corrected chi connectivity index (χ2v) is 9.63. The Morgan fingerprint density at radius 3 is 2.17 bits per heavy atom. The van der Waals surface area contributed by atoms with E-state index in [4.69, 9.17) is 0 Å². The van der Waals surface area contributed by atoms with Gasteiger partial charge in [0, 0.05) is 26.2 Å².